The molecule has 0 aliphatic heterocycles. The van der Waals surface area contributed by atoms with Gasteiger partial charge in [0.05, 0.1) is 0 Å². The largest absolute Gasteiger partial charge is 0.102 e. The lowest BCUT2D eigenvalue weighted by Gasteiger charge is -2.06. The molecule has 76 valence electrons. The number of hydrogen-bond donors (Lipinski definition) is 0. The summed E-state index contributed by atoms with van der Waals surface area (Å²) in [5.74, 6) is 0.603. The van der Waals surface area contributed by atoms with Crippen molar-refractivity contribution in [3.8, 4) is 0 Å². The molecule has 1 atom stereocenters. The van der Waals surface area contributed by atoms with Gasteiger partial charge in [0.25, 0.3) is 0 Å². The van der Waals surface area contributed by atoms with Crippen LogP contribution in [-0.2, 0) is 0 Å². The fraction of sp³-hybridized carbons (Fsp3) is 0.692. The maximum Gasteiger partial charge on any atom is -0.00563 e. The van der Waals surface area contributed by atoms with Crippen LogP contribution in [0.15, 0.2) is 24.8 Å². The van der Waals surface area contributed by atoms with E-state index in [0.717, 1.165) is 0 Å². The van der Waals surface area contributed by atoms with Crippen LogP contribution in [0.2, 0.25) is 0 Å². The first-order valence-corrected chi connectivity index (χ1v) is 5.60. The number of hydrogen-bond acceptors (Lipinski definition) is 0. The Kier molecular flexibility index (Phi) is 9.18. The molecule has 0 heterocycles. The standard InChI is InChI=1S/C13H24/c1-4-7-8-9-10-12-13(6-3)11-5-2/h5-6,11,13H,3-4,7-10,12H2,1-2H3/b11-5-. The van der Waals surface area contributed by atoms with E-state index in [9.17, 15) is 0 Å². The third kappa shape index (κ3) is 7.83. The molecule has 0 aromatic carbocycles. The number of unbranched alkanes of at least 4 members (excludes halogenated alkanes) is 4. The Morgan fingerprint density at radius 3 is 2.38 bits per heavy atom. The van der Waals surface area contributed by atoms with Crippen molar-refractivity contribution in [1.29, 1.82) is 0 Å². The molecule has 0 aromatic rings. The number of allylic oxidation sites excluding steroid dienone is 3. The van der Waals surface area contributed by atoms with E-state index >= 15 is 0 Å². The fourth-order valence-corrected chi connectivity index (χ4v) is 1.52. The van der Waals surface area contributed by atoms with Crippen molar-refractivity contribution in [1.82, 2.24) is 0 Å². The Labute approximate surface area is 83.7 Å². The van der Waals surface area contributed by atoms with Gasteiger partial charge in [0.1, 0.15) is 0 Å². The van der Waals surface area contributed by atoms with Crippen LogP contribution in [0.3, 0.4) is 0 Å². The van der Waals surface area contributed by atoms with Crippen molar-refractivity contribution >= 4 is 0 Å². The van der Waals surface area contributed by atoms with Gasteiger partial charge in [0.15, 0.2) is 0 Å². The summed E-state index contributed by atoms with van der Waals surface area (Å²) in [6, 6.07) is 0. The highest BCUT2D eigenvalue weighted by Crippen LogP contribution is 2.13. The zero-order valence-corrected chi connectivity index (χ0v) is 9.26. The molecule has 0 bridgehead atoms. The molecule has 0 rings (SSSR count). The molecule has 0 aliphatic rings. The average Bonchev–Trinajstić information content (AvgIpc) is 2.16. The van der Waals surface area contributed by atoms with Crippen LogP contribution >= 0.6 is 0 Å². The Morgan fingerprint density at radius 1 is 1.15 bits per heavy atom. The summed E-state index contributed by atoms with van der Waals surface area (Å²) in [6.07, 6.45) is 14.6. The third-order valence-electron chi connectivity index (χ3n) is 2.38. The molecule has 0 amide bonds. The second-order valence-electron chi connectivity index (χ2n) is 3.63. The lowest BCUT2D eigenvalue weighted by molar-refractivity contribution is 0.575. The SMILES string of the molecule is C=CC(/C=C\C)CCCCCCC. The maximum absolute atomic E-state index is 3.84. The van der Waals surface area contributed by atoms with Crippen LogP contribution in [0, 0.1) is 5.92 Å². The zero-order chi connectivity index (χ0) is 9.94. The predicted molar refractivity (Wildman–Crippen MR) is 61.9 cm³/mol. The van der Waals surface area contributed by atoms with Crippen LogP contribution in [0.5, 0.6) is 0 Å². The summed E-state index contributed by atoms with van der Waals surface area (Å²) in [5, 5.41) is 0. The van der Waals surface area contributed by atoms with Crippen molar-refractivity contribution < 1.29 is 0 Å². The summed E-state index contributed by atoms with van der Waals surface area (Å²) in [7, 11) is 0. The molecular weight excluding hydrogens is 156 g/mol. The van der Waals surface area contributed by atoms with Crippen LogP contribution in [0.25, 0.3) is 0 Å². The van der Waals surface area contributed by atoms with E-state index in [-0.39, 0.29) is 0 Å². The second kappa shape index (κ2) is 9.57. The fourth-order valence-electron chi connectivity index (χ4n) is 1.52. The molecule has 1 unspecified atom stereocenters. The van der Waals surface area contributed by atoms with Gasteiger partial charge in [-0.05, 0) is 19.3 Å². The highest BCUT2D eigenvalue weighted by atomic mass is 14.0. The predicted octanol–water partition coefficient (Wildman–Crippen LogP) is 4.73. The van der Waals surface area contributed by atoms with Crippen molar-refractivity contribution in [3.05, 3.63) is 24.8 Å². The van der Waals surface area contributed by atoms with Crippen molar-refractivity contribution in [2.24, 2.45) is 5.92 Å². The van der Waals surface area contributed by atoms with E-state index in [4.69, 9.17) is 0 Å². The van der Waals surface area contributed by atoms with Crippen LogP contribution in [0.1, 0.15) is 52.4 Å². The van der Waals surface area contributed by atoms with E-state index in [2.05, 4.69) is 38.7 Å². The minimum atomic E-state index is 0.603. The molecule has 0 aromatic heterocycles. The zero-order valence-electron chi connectivity index (χ0n) is 9.26. The Morgan fingerprint density at radius 2 is 1.85 bits per heavy atom. The van der Waals surface area contributed by atoms with E-state index in [1.807, 2.05) is 0 Å². The van der Waals surface area contributed by atoms with Gasteiger partial charge in [0, 0.05) is 0 Å². The molecule has 0 aliphatic carbocycles. The Bertz CT molecular complexity index is 133. The van der Waals surface area contributed by atoms with Gasteiger partial charge in [-0.15, -0.1) is 6.58 Å². The third-order valence-corrected chi connectivity index (χ3v) is 2.38. The lowest BCUT2D eigenvalue weighted by Crippen LogP contribution is -1.91. The van der Waals surface area contributed by atoms with Crippen LogP contribution < -0.4 is 0 Å². The topological polar surface area (TPSA) is 0 Å². The smallest absolute Gasteiger partial charge is 0.00563 e. The minimum absolute atomic E-state index is 0.603. The summed E-state index contributed by atoms with van der Waals surface area (Å²) in [4.78, 5) is 0. The molecule has 0 N–H and O–H groups in total. The maximum atomic E-state index is 3.84. The summed E-state index contributed by atoms with van der Waals surface area (Å²) in [6.45, 7) is 8.18. The van der Waals surface area contributed by atoms with Gasteiger partial charge < -0.3 is 0 Å². The quantitative estimate of drug-likeness (QED) is 0.374. The average molecular weight is 180 g/mol. The molecule has 0 saturated carbocycles. The molecular formula is C13H24. The first-order chi connectivity index (χ1) is 6.35. The van der Waals surface area contributed by atoms with Gasteiger partial charge in [-0.3, -0.25) is 0 Å². The molecule has 0 radical (unpaired) electrons. The van der Waals surface area contributed by atoms with E-state index < -0.39 is 0 Å². The molecule has 13 heavy (non-hydrogen) atoms. The van der Waals surface area contributed by atoms with Gasteiger partial charge >= 0.3 is 0 Å². The van der Waals surface area contributed by atoms with Crippen molar-refractivity contribution in [2.45, 2.75) is 52.4 Å². The van der Waals surface area contributed by atoms with Gasteiger partial charge in [0.2, 0.25) is 0 Å². The monoisotopic (exact) mass is 180 g/mol. The number of rotatable bonds is 8. The molecule has 0 heteroatoms. The normalized spacial score (nSPS) is 13.4. The highest BCUT2D eigenvalue weighted by molar-refractivity contribution is 4.95. The molecule has 0 nitrogen and oxygen atoms in total. The van der Waals surface area contributed by atoms with E-state index in [1.165, 1.54) is 38.5 Å². The van der Waals surface area contributed by atoms with Gasteiger partial charge in [-0.2, -0.15) is 0 Å². The second-order valence-corrected chi connectivity index (χ2v) is 3.63. The summed E-state index contributed by atoms with van der Waals surface area (Å²) < 4.78 is 0. The summed E-state index contributed by atoms with van der Waals surface area (Å²) in [5.41, 5.74) is 0. The van der Waals surface area contributed by atoms with Crippen molar-refractivity contribution in [2.75, 3.05) is 0 Å². The summed E-state index contributed by atoms with van der Waals surface area (Å²) >= 11 is 0. The Hall–Kier alpha value is -0.520. The molecule has 0 spiro atoms. The van der Waals surface area contributed by atoms with Crippen LogP contribution in [0.4, 0.5) is 0 Å². The van der Waals surface area contributed by atoms with Crippen LogP contribution in [-0.4, -0.2) is 0 Å². The van der Waals surface area contributed by atoms with E-state index in [0.29, 0.717) is 5.92 Å². The van der Waals surface area contributed by atoms with Gasteiger partial charge in [-0.25, -0.2) is 0 Å². The van der Waals surface area contributed by atoms with E-state index in [1.54, 1.807) is 0 Å². The Balaban J connectivity index is 3.33. The first-order valence-electron chi connectivity index (χ1n) is 5.60. The minimum Gasteiger partial charge on any atom is -0.102 e. The van der Waals surface area contributed by atoms with Crippen molar-refractivity contribution in [3.63, 3.8) is 0 Å². The molecule has 0 fully saturated rings. The van der Waals surface area contributed by atoms with Gasteiger partial charge in [-0.1, -0.05) is 57.3 Å². The lowest BCUT2D eigenvalue weighted by atomic mass is 10.0. The molecule has 0 saturated heterocycles. The highest BCUT2D eigenvalue weighted by Gasteiger charge is 1.97. The first kappa shape index (κ1) is 12.5.